The second-order valence-electron chi connectivity index (χ2n) is 8.88. The first-order valence-electron chi connectivity index (χ1n) is 11.7. The molecule has 1 saturated heterocycles. The Bertz CT molecular complexity index is 1190. The molecule has 0 spiro atoms. The van der Waals surface area contributed by atoms with E-state index in [2.05, 4.69) is 4.90 Å². The van der Waals surface area contributed by atoms with Crippen molar-refractivity contribution in [1.82, 2.24) is 4.90 Å². The lowest BCUT2D eigenvalue weighted by atomic mass is 10.1. The number of rotatable bonds is 6. The third-order valence-electron chi connectivity index (χ3n) is 6.59. The smallest absolute Gasteiger partial charge is 0.226 e. The number of nitrogens with zero attached hydrogens (tertiary/aromatic N) is 3. The third kappa shape index (κ3) is 5.08. The van der Waals surface area contributed by atoms with Gasteiger partial charge >= 0.3 is 0 Å². The normalized spacial score (nSPS) is 18.2. The van der Waals surface area contributed by atoms with E-state index in [4.69, 9.17) is 11.6 Å². The monoisotopic (exact) mass is 503 g/mol. The van der Waals surface area contributed by atoms with Crippen LogP contribution < -0.4 is 9.80 Å². The fourth-order valence-electron chi connectivity index (χ4n) is 4.74. The lowest BCUT2D eigenvalue weighted by Crippen LogP contribution is -2.49. The van der Waals surface area contributed by atoms with Gasteiger partial charge in [-0.25, -0.2) is 8.42 Å². The molecule has 0 radical (unpaired) electrons. The molecular weight excluding hydrogens is 474 g/mol. The van der Waals surface area contributed by atoms with Crippen LogP contribution in [0, 0.1) is 0 Å². The molecule has 1 atom stereocenters. The van der Waals surface area contributed by atoms with Gasteiger partial charge < -0.3 is 14.7 Å². The zero-order chi connectivity index (χ0) is 24.5. The highest BCUT2D eigenvalue weighted by molar-refractivity contribution is 7.91. The third-order valence-corrected chi connectivity index (χ3v) is 8.54. The van der Waals surface area contributed by atoms with E-state index in [-0.39, 0.29) is 34.9 Å². The Morgan fingerprint density at radius 2 is 1.76 bits per heavy atom. The van der Waals surface area contributed by atoms with Gasteiger partial charge in [-0.2, -0.15) is 0 Å². The number of halogens is 1. The molecule has 4 rings (SSSR count). The maximum Gasteiger partial charge on any atom is 0.226 e. The minimum absolute atomic E-state index is 0.00700. The van der Waals surface area contributed by atoms with Crippen molar-refractivity contribution in [2.24, 2.45) is 0 Å². The predicted octanol–water partition coefficient (Wildman–Crippen LogP) is 3.54. The minimum Gasteiger partial charge on any atom is -0.368 e. The first kappa shape index (κ1) is 24.5. The van der Waals surface area contributed by atoms with Gasteiger partial charge in [-0.05, 0) is 55.3 Å². The number of benzene rings is 2. The first-order chi connectivity index (χ1) is 16.2. The lowest BCUT2D eigenvalue weighted by Gasteiger charge is -2.36. The van der Waals surface area contributed by atoms with Gasteiger partial charge in [0.15, 0.2) is 9.84 Å². The molecule has 0 bridgehead atoms. The van der Waals surface area contributed by atoms with Crippen LogP contribution in [-0.4, -0.2) is 63.1 Å². The van der Waals surface area contributed by atoms with E-state index >= 15 is 0 Å². The van der Waals surface area contributed by atoms with Crippen molar-refractivity contribution in [1.29, 1.82) is 0 Å². The highest BCUT2D eigenvalue weighted by Crippen LogP contribution is 2.34. The molecule has 2 heterocycles. The molecule has 0 saturated carbocycles. The van der Waals surface area contributed by atoms with Gasteiger partial charge in [-0.1, -0.05) is 24.6 Å². The molecule has 182 valence electrons. The van der Waals surface area contributed by atoms with Crippen molar-refractivity contribution in [3.8, 4) is 0 Å². The fraction of sp³-hybridized carbons (Fsp3) is 0.440. The molecule has 2 aliphatic rings. The van der Waals surface area contributed by atoms with Crippen molar-refractivity contribution in [3.63, 3.8) is 0 Å². The largest absolute Gasteiger partial charge is 0.368 e. The molecule has 2 amide bonds. The van der Waals surface area contributed by atoms with Gasteiger partial charge in [-0.3, -0.25) is 9.59 Å². The first-order valence-corrected chi connectivity index (χ1v) is 13.7. The molecule has 2 aliphatic heterocycles. The van der Waals surface area contributed by atoms with Gasteiger partial charge in [0, 0.05) is 61.5 Å². The van der Waals surface area contributed by atoms with Crippen LogP contribution in [0.3, 0.4) is 0 Å². The molecular formula is C25H30ClN3O4S. The van der Waals surface area contributed by atoms with Crippen molar-refractivity contribution in [2.45, 2.75) is 44.0 Å². The van der Waals surface area contributed by atoms with E-state index in [9.17, 15) is 18.0 Å². The quantitative estimate of drug-likeness (QED) is 0.602. The Kier molecular flexibility index (Phi) is 7.19. The lowest BCUT2D eigenvalue weighted by molar-refractivity contribution is -0.131. The number of piperazine rings is 1. The van der Waals surface area contributed by atoms with E-state index in [1.54, 1.807) is 28.0 Å². The zero-order valence-electron chi connectivity index (χ0n) is 19.5. The molecule has 9 heteroatoms. The van der Waals surface area contributed by atoms with Gasteiger partial charge in [0.05, 0.1) is 10.6 Å². The van der Waals surface area contributed by atoms with Gasteiger partial charge in [0.2, 0.25) is 11.8 Å². The van der Waals surface area contributed by atoms with E-state index in [0.717, 1.165) is 16.9 Å². The second-order valence-corrected chi connectivity index (χ2v) is 11.4. The Hall–Kier alpha value is -2.58. The number of hydrogen-bond acceptors (Lipinski definition) is 5. The number of fused-ring (bicyclic) bond motifs is 1. The summed E-state index contributed by atoms with van der Waals surface area (Å²) >= 11 is 6.08. The topological polar surface area (TPSA) is 78.0 Å². The summed E-state index contributed by atoms with van der Waals surface area (Å²) in [6.45, 7) is 6.23. The Morgan fingerprint density at radius 3 is 2.44 bits per heavy atom. The zero-order valence-corrected chi connectivity index (χ0v) is 21.1. The summed E-state index contributed by atoms with van der Waals surface area (Å²) in [6, 6.07) is 12.6. The SMILES string of the molecule is CCC(=O)N1c2ccc(S(=O)(=O)CCC(=O)N3CCN(c4cccc(Cl)c4)CC3)cc2C[C@@H]1C. The van der Waals surface area contributed by atoms with Gasteiger partial charge in [0.25, 0.3) is 0 Å². The fourth-order valence-corrected chi connectivity index (χ4v) is 6.20. The summed E-state index contributed by atoms with van der Waals surface area (Å²) < 4.78 is 25.9. The van der Waals surface area contributed by atoms with E-state index in [1.807, 2.05) is 38.1 Å². The molecule has 0 aromatic heterocycles. The molecule has 2 aromatic carbocycles. The average molecular weight is 504 g/mol. The minimum atomic E-state index is -3.61. The molecule has 1 fully saturated rings. The maximum atomic E-state index is 13.0. The van der Waals surface area contributed by atoms with Crippen LogP contribution in [0.1, 0.15) is 32.3 Å². The number of carbonyl (C=O) groups excluding carboxylic acids is 2. The Labute approximate surface area is 206 Å². The number of sulfone groups is 1. The Morgan fingerprint density at radius 1 is 1.03 bits per heavy atom. The van der Waals surface area contributed by atoms with Gasteiger partial charge in [-0.15, -0.1) is 0 Å². The van der Waals surface area contributed by atoms with Crippen molar-refractivity contribution >= 4 is 44.6 Å². The predicted molar refractivity (Wildman–Crippen MR) is 134 cm³/mol. The summed E-state index contributed by atoms with van der Waals surface area (Å²) in [6.07, 6.45) is 0.979. The van der Waals surface area contributed by atoms with E-state index in [1.165, 1.54) is 0 Å². The van der Waals surface area contributed by atoms with Crippen LogP contribution in [0.25, 0.3) is 0 Å². The van der Waals surface area contributed by atoms with E-state index in [0.29, 0.717) is 44.0 Å². The summed E-state index contributed by atoms with van der Waals surface area (Å²) in [5.41, 5.74) is 2.66. The van der Waals surface area contributed by atoms with Crippen LogP contribution in [0.4, 0.5) is 11.4 Å². The van der Waals surface area contributed by atoms with Crippen molar-refractivity contribution < 1.29 is 18.0 Å². The van der Waals surface area contributed by atoms with E-state index < -0.39 is 9.84 Å². The summed E-state index contributed by atoms with van der Waals surface area (Å²) in [5.74, 6) is -0.349. The highest BCUT2D eigenvalue weighted by atomic mass is 35.5. The Balaban J connectivity index is 1.35. The molecule has 0 N–H and O–H groups in total. The number of amides is 2. The van der Waals surface area contributed by atoms with Crippen LogP contribution in [0.15, 0.2) is 47.4 Å². The number of hydrogen-bond donors (Lipinski definition) is 0. The molecule has 0 aliphatic carbocycles. The van der Waals surface area contributed by atoms with Crippen molar-refractivity contribution in [3.05, 3.63) is 53.1 Å². The standard InChI is InChI=1S/C25H30ClN3O4S/c1-3-24(30)29-18(2)15-19-16-22(7-8-23(19)29)34(32,33)14-9-25(31)28-12-10-27(11-13-28)21-6-4-5-20(26)17-21/h4-8,16-18H,3,9-15H2,1-2H3/t18-/m0/s1. The molecule has 2 aromatic rings. The maximum absolute atomic E-state index is 13.0. The van der Waals surface area contributed by atoms with Crippen LogP contribution in [0.5, 0.6) is 0 Å². The molecule has 7 nitrogen and oxygen atoms in total. The second kappa shape index (κ2) is 9.96. The van der Waals surface area contributed by atoms with Crippen LogP contribution in [0.2, 0.25) is 5.02 Å². The average Bonchev–Trinajstić information content (AvgIpc) is 3.17. The highest BCUT2D eigenvalue weighted by Gasteiger charge is 2.31. The molecule has 34 heavy (non-hydrogen) atoms. The summed E-state index contributed by atoms with van der Waals surface area (Å²) in [7, 11) is -3.61. The summed E-state index contributed by atoms with van der Waals surface area (Å²) in [5, 5.41) is 0.673. The number of carbonyl (C=O) groups is 2. The van der Waals surface area contributed by atoms with Crippen LogP contribution in [-0.2, 0) is 25.8 Å². The van der Waals surface area contributed by atoms with Crippen LogP contribution >= 0.6 is 11.6 Å². The van der Waals surface area contributed by atoms with Gasteiger partial charge in [0.1, 0.15) is 0 Å². The molecule has 0 unspecified atom stereocenters. The summed E-state index contributed by atoms with van der Waals surface area (Å²) in [4.78, 5) is 30.9. The van der Waals surface area contributed by atoms with Crippen molar-refractivity contribution in [2.75, 3.05) is 41.7 Å². The number of anilines is 2.